The van der Waals surface area contributed by atoms with Gasteiger partial charge in [-0.15, -0.1) is 11.1 Å². The summed E-state index contributed by atoms with van der Waals surface area (Å²) < 4.78 is 0. The summed E-state index contributed by atoms with van der Waals surface area (Å²) in [4.78, 5) is 0. The normalized spacial score (nSPS) is 15.1. The molecule has 0 unspecified atom stereocenters. The molecule has 3 rings (SSSR count). The molecule has 0 aliphatic carbocycles. The fourth-order valence-corrected chi connectivity index (χ4v) is 64.4. The Hall–Kier alpha value is 0.769. The summed E-state index contributed by atoms with van der Waals surface area (Å²) in [5.74, 6) is 0. The molecule has 0 N–H and O–H groups in total. The van der Waals surface area contributed by atoms with Gasteiger partial charge in [-0.25, -0.2) is 0 Å². The van der Waals surface area contributed by atoms with E-state index in [9.17, 15) is 11.1 Å². The van der Waals surface area contributed by atoms with Crippen LogP contribution in [0.5, 0.6) is 0 Å². The van der Waals surface area contributed by atoms with Crippen molar-refractivity contribution < 1.29 is 0 Å². The van der Waals surface area contributed by atoms with E-state index >= 15 is 0 Å². The lowest BCUT2D eigenvalue weighted by Crippen LogP contribution is -2.87. The molecule has 0 fully saturated rings. The Morgan fingerprint density at radius 3 is 0.397 bits per heavy atom. The second kappa shape index (κ2) is 18.8. The van der Waals surface area contributed by atoms with Gasteiger partial charge in [0, 0.05) is 0 Å². The van der Waals surface area contributed by atoms with E-state index in [1.54, 1.807) is 46.7 Å². The Morgan fingerprint density at radius 2 is 0.294 bits per heavy atom. The van der Waals surface area contributed by atoms with Gasteiger partial charge in [0.25, 0.3) is 0 Å². The first kappa shape index (κ1) is 63.1. The molecule has 3 aromatic carbocycles. The first-order valence-electron chi connectivity index (χ1n) is 26.7. The highest BCUT2D eigenvalue weighted by Crippen LogP contribution is 2.23. The molecular weight excluding hydrogens is 1050 g/mol. The Balaban J connectivity index is 3.54. The smallest absolute Gasteiger partial charge is 0.149 e. The van der Waals surface area contributed by atoms with Gasteiger partial charge in [-0.2, -0.15) is 0 Å². The van der Waals surface area contributed by atoms with Gasteiger partial charge in [0.15, 0.2) is 0 Å². The van der Waals surface area contributed by atoms with Crippen LogP contribution in [0.25, 0.3) is 0 Å². The summed E-state index contributed by atoms with van der Waals surface area (Å²) in [6.07, 6.45) is 0. The maximum absolute atomic E-state index is 10.2. The lowest BCUT2D eigenvalue weighted by atomic mass is 10.3. The van der Waals surface area contributed by atoms with Gasteiger partial charge >= 0.3 is 0 Å². The van der Waals surface area contributed by atoms with Gasteiger partial charge < -0.3 is 0 Å². The minimum absolute atomic E-state index is 1.67. The lowest BCUT2D eigenvalue weighted by Gasteiger charge is -2.48. The highest BCUT2D eigenvalue weighted by Gasteiger charge is 2.54. The van der Waals surface area contributed by atoms with E-state index < -0.39 is 104 Å². The number of hydrogen-bond donors (Lipinski definition) is 0. The molecule has 0 aromatic heterocycles. The van der Waals surface area contributed by atoms with Crippen LogP contribution in [0, 0.1) is 0 Å². The van der Waals surface area contributed by atoms with E-state index in [-0.39, 0.29) is 0 Å². The molecule has 3 aromatic rings. The molecule has 0 bridgehead atoms. The molecule has 0 heterocycles. The molecule has 0 aliphatic heterocycles. The number of halogens is 1. The van der Waals surface area contributed by atoms with Crippen LogP contribution in [-0.4, -0.2) is 104 Å². The maximum Gasteiger partial charge on any atom is 0.247 e. The van der Waals surface area contributed by atoms with Gasteiger partial charge in [0.2, 0.25) is 7.38 Å². The van der Waals surface area contributed by atoms with Gasteiger partial charge in [0.05, 0.1) is 96.9 Å². The molecule has 0 nitrogen and oxygen atoms in total. The molecule has 386 valence electrons. The molecule has 0 amide bonds. The van der Waals surface area contributed by atoms with E-state index in [1.165, 1.54) is 0 Å². The Bertz CT molecular complexity index is 2130. The van der Waals surface area contributed by atoms with Crippen molar-refractivity contribution in [3.63, 3.8) is 0 Å². The first-order chi connectivity index (χ1) is 29.3. The third kappa shape index (κ3) is 12.7. The molecule has 0 saturated heterocycles. The summed E-state index contributed by atoms with van der Waals surface area (Å²) in [5.41, 5.74) is 0. The number of hydrogen-bond acceptors (Lipinski definition) is 0. The average molecular weight is 1160 g/mol. The van der Waals surface area contributed by atoms with Crippen molar-refractivity contribution in [1.29, 1.82) is 0 Å². The number of rotatable bonds is 15. The Labute approximate surface area is 443 Å². The van der Waals surface area contributed by atoms with Crippen LogP contribution in [0.4, 0.5) is 0 Å². The molecule has 0 saturated carbocycles. The fourth-order valence-electron chi connectivity index (χ4n) is 12.0. The minimum Gasteiger partial charge on any atom is -0.149 e. The third-order valence-corrected chi connectivity index (χ3v) is 46.7. The second-order valence-electron chi connectivity index (χ2n) is 33.9. The van der Waals surface area contributed by atoms with Crippen LogP contribution < -0.4 is 77.8 Å². The van der Waals surface area contributed by atoms with Crippen LogP contribution >= 0.6 is 11.1 Å². The van der Waals surface area contributed by atoms with Crippen molar-refractivity contribution in [3.8, 4) is 0 Å². The van der Waals surface area contributed by atoms with E-state index in [2.05, 4.69) is 254 Å². The summed E-state index contributed by atoms with van der Waals surface area (Å²) in [7, 11) is -27.2. The number of benzene rings is 3. The van der Waals surface area contributed by atoms with Crippen molar-refractivity contribution in [2.45, 2.75) is 236 Å². The Kier molecular flexibility index (Phi) is 17.4. The summed E-state index contributed by atoms with van der Waals surface area (Å²) >= 11 is 10.2. The van der Waals surface area contributed by atoms with Crippen LogP contribution in [0.3, 0.4) is 0 Å². The van der Waals surface area contributed by atoms with Crippen molar-refractivity contribution in [2.75, 3.05) is 0 Å². The molecule has 0 spiro atoms. The first-order valence-corrected chi connectivity index (χ1v) is 71.7. The van der Waals surface area contributed by atoms with E-state index in [1.807, 2.05) is 31.1 Å². The van der Waals surface area contributed by atoms with Crippen LogP contribution in [0.15, 0.2) is 18.2 Å². The van der Waals surface area contributed by atoms with Gasteiger partial charge in [-0.05, 0) is 15.6 Å². The third-order valence-electron chi connectivity index (χ3n) is 14.3. The maximum atomic E-state index is 10.2. The molecule has 0 atom stereocenters. The second-order valence-corrected chi connectivity index (χ2v) is 98.7. The van der Waals surface area contributed by atoms with Crippen LogP contribution in [0.1, 0.15) is 0 Å². The zero-order chi connectivity index (χ0) is 54.3. The molecule has 14 heteroatoms. The van der Waals surface area contributed by atoms with Crippen LogP contribution in [0.2, 0.25) is 236 Å². The highest BCUT2D eigenvalue weighted by molar-refractivity contribution is 7.44. The largest absolute Gasteiger partial charge is 0.247 e. The topological polar surface area (TPSA) is 0 Å². The van der Waals surface area contributed by atoms with Crippen molar-refractivity contribution >= 4 is 193 Å². The highest BCUT2D eigenvalue weighted by atomic mass is 35.6. The van der Waals surface area contributed by atoms with Crippen molar-refractivity contribution in [1.82, 2.24) is 0 Å². The predicted molar refractivity (Wildman–Crippen MR) is 366 cm³/mol. The van der Waals surface area contributed by atoms with Crippen molar-refractivity contribution in [2.24, 2.45) is 0 Å². The minimum atomic E-state index is -3.49. The Morgan fingerprint density at radius 1 is 0.176 bits per heavy atom. The molecule has 0 aliphatic rings. The predicted octanol–water partition coefficient (Wildman–Crippen LogP) is 9.43. The van der Waals surface area contributed by atoms with E-state index in [0.29, 0.717) is 0 Å². The van der Waals surface area contributed by atoms with Gasteiger partial charge in [-0.1, -0.05) is 316 Å². The van der Waals surface area contributed by atoms with E-state index in [0.717, 1.165) is 0 Å². The molecule has 68 heavy (non-hydrogen) atoms. The standard InChI is InChI=1S/C54H111ClSi13/c1-56(2,3)40-37-43(49(62(19,20)21)52(65(28,29)30)46(40)59(10,11)12)68(55,44-38-41(57(4,5)6)47(60(13,14)15)53(66(31,32)33)50(44)63(22,23)24)45-39-42(58(7,8)9)48(61(16,17)18)54(67(34,35)36)51(45)64(25,26)27/h37-39H,1-36H3. The fraction of sp³-hybridized carbons (Fsp3) is 0.667. The average Bonchev–Trinajstić information content (AvgIpc) is 3.03. The summed E-state index contributed by atoms with van der Waals surface area (Å²) in [6.45, 7) is 97.3. The van der Waals surface area contributed by atoms with Crippen molar-refractivity contribution in [3.05, 3.63) is 18.2 Å². The summed E-state index contributed by atoms with van der Waals surface area (Å²) in [6, 6.07) is 8.92. The van der Waals surface area contributed by atoms with Gasteiger partial charge in [-0.3, -0.25) is 0 Å². The monoisotopic (exact) mass is 1160 g/mol. The zero-order valence-electron chi connectivity index (χ0n) is 52.1. The zero-order valence-corrected chi connectivity index (χ0v) is 65.9. The van der Waals surface area contributed by atoms with E-state index in [4.69, 9.17) is 0 Å². The lowest BCUT2D eigenvalue weighted by molar-refractivity contribution is 1.64. The SMILES string of the molecule is C[Si](C)(C)c1cc([Si](Cl)(c2cc([Si](C)(C)C)c([Si](C)(C)C)c([Si](C)(C)C)c2[Si](C)(C)C)c2cc([Si](C)(C)C)c([Si](C)(C)C)c([Si](C)(C)C)c2[Si](C)(C)C)c([Si](C)(C)C)c([Si](C)(C)C)c1[Si](C)(C)C. The molecule has 0 radical (unpaired) electrons. The van der Waals surface area contributed by atoms with Crippen LogP contribution in [-0.2, 0) is 0 Å². The quantitative estimate of drug-likeness (QED) is 0.0810. The summed E-state index contributed by atoms with van der Waals surface area (Å²) in [5, 5.41) is 26.8. The molecular formula is C54H111ClSi13. The van der Waals surface area contributed by atoms with Gasteiger partial charge in [0.1, 0.15) is 0 Å².